The van der Waals surface area contributed by atoms with E-state index in [2.05, 4.69) is 56.1 Å². The second-order valence-corrected chi connectivity index (χ2v) is 6.94. The summed E-state index contributed by atoms with van der Waals surface area (Å²) in [7, 11) is 0. The second-order valence-electron chi connectivity index (χ2n) is 6.94. The Kier molecular flexibility index (Phi) is 6.04. The van der Waals surface area contributed by atoms with Crippen LogP contribution >= 0.6 is 0 Å². The van der Waals surface area contributed by atoms with Crippen molar-refractivity contribution in [1.29, 1.82) is 0 Å². The number of nitrogens with zero attached hydrogens (tertiary/aromatic N) is 2. The van der Waals surface area contributed by atoms with Crippen LogP contribution in [0.3, 0.4) is 0 Å². The van der Waals surface area contributed by atoms with Gasteiger partial charge >= 0.3 is 0 Å². The smallest absolute Gasteiger partial charge is 0.128 e. The van der Waals surface area contributed by atoms with E-state index in [0.29, 0.717) is 6.04 Å². The number of anilines is 1. The quantitative estimate of drug-likeness (QED) is 0.892. The van der Waals surface area contributed by atoms with Gasteiger partial charge in [0.1, 0.15) is 5.82 Å². The van der Waals surface area contributed by atoms with Gasteiger partial charge in [0.15, 0.2) is 0 Å². The van der Waals surface area contributed by atoms with Crippen molar-refractivity contribution in [3.05, 3.63) is 23.9 Å². The van der Waals surface area contributed by atoms with Gasteiger partial charge in [-0.3, -0.25) is 0 Å². The maximum absolute atomic E-state index is 4.84. The molecule has 3 nitrogen and oxygen atoms in total. The van der Waals surface area contributed by atoms with Crippen LogP contribution in [0.1, 0.15) is 52.7 Å². The summed E-state index contributed by atoms with van der Waals surface area (Å²) >= 11 is 0. The zero-order valence-electron chi connectivity index (χ0n) is 14.1. The molecule has 1 saturated heterocycles. The standard InChI is InChI=1S/C18H31N3/c1-14(2)16-7-6-11-21(12-10-16)18-9-5-8-17(20-18)13-19-15(3)4/h5,8-9,14-16,19H,6-7,10-13H2,1-4H3. The maximum atomic E-state index is 4.84. The topological polar surface area (TPSA) is 28.2 Å². The van der Waals surface area contributed by atoms with E-state index >= 15 is 0 Å². The van der Waals surface area contributed by atoms with Crippen LogP contribution in [0.25, 0.3) is 0 Å². The lowest BCUT2D eigenvalue weighted by Gasteiger charge is -2.23. The molecular weight excluding hydrogens is 258 g/mol. The van der Waals surface area contributed by atoms with Gasteiger partial charge in [-0.15, -0.1) is 0 Å². The van der Waals surface area contributed by atoms with Crippen LogP contribution in [-0.2, 0) is 6.54 Å². The molecule has 118 valence electrons. The van der Waals surface area contributed by atoms with Crippen LogP contribution in [0, 0.1) is 11.8 Å². The SMILES string of the molecule is CC(C)NCc1cccc(N2CCCC(C(C)C)CC2)n1. The number of aromatic nitrogens is 1. The maximum Gasteiger partial charge on any atom is 0.128 e. The van der Waals surface area contributed by atoms with E-state index in [9.17, 15) is 0 Å². The van der Waals surface area contributed by atoms with Gasteiger partial charge in [-0.25, -0.2) is 4.98 Å². The van der Waals surface area contributed by atoms with Crippen molar-refractivity contribution < 1.29 is 0 Å². The van der Waals surface area contributed by atoms with Crippen molar-refractivity contribution in [3.8, 4) is 0 Å². The van der Waals surface area contributed by atoms with E-state index in [0.717, 1.165) is 43.0 Å². The summed E-state index contributed by atoms with van der Waals surface area (Å²) in [6.45, 7) is 12.2. The van der Waals surface area contributed by atoms with E-state index in [4.69, 9.17) is 4.98 Å². The summed E-state index contributed by atoms with van der Waals surface area (Å²) in [5, 5.41) is 3.45. The molecule has 21 heavy (non-hydrogen) atoms. The first kappa shape index (κ1) is 16.3. The van der Waals surface area contributed by atoms with Gasteiger partial charge in [0.25, 0.3) is 0 Å². The van der Waals surface area contributed by atoms with Crippen molar-refractivity contribution in [1.82, 2.24) is 10.3 Å². The lowest BCUT2D eigenvalue weighted by atomic mass is 9.89. The molecule has 1 aromatic heterocycles. The van der Waals surface area contributed by atoms with E-state index in [1.807, 2.05) is 0 Å². The number of hydrogen-bond acceptors (Lipinski definition) is 3. The van der Waals surface area contributed by atoms with Crippen LogP contribution < -0.4 is 10.2 Å². The van der Waals surface area contributed by atoms with Gasteiger partial charge in [0.2, 0.25) is 0 Å². The van der Waals surface area contributed by atoms with Gasteiger partial charge in [-0.1, -0.05) is 33.8 Å². The fourth-order valence-corrected chi connectivity index (χ4v) is 3.07. The molecule has 0 aromatic carbocycles. The largest absolute Gasteiger partial charge is 0.357 e. The minimum atomic E-state index is 0.500. The minimum absolute atomic E-state index is 0.500. The van der Waals surface area contributed by atoms with E-state index in [1.165, 1.54) is 19.3 Å². The Labute approximate surface area is 130 Å². The minimum Gasteiger partial charge on any atom is -0.357 e. The van der Waals surface area contributed by atoms with E-state index in [1.54, 1.807) is 0 Å². The van der Waals surface area contributed by atoms with Gasteiger partial charge in [-0.2, -0.15) is 0 Å². The molecule has 1 aliphatic rings. The van der Waals surface area contributed by atoms with Crippen LogP contribution in [0.2, 0.25) is 0 Å². The molecule has 0 aliphatic carbocycles. The highest BCUT2D eigenvalue weighted by Gasteiger charge is 2.20. The van der Waals surface area contributed by atoms with Gasteiger partial charge < -0.3 is 10.2 Å². The summed E-state index contributed by atoms with van der Waals surface area (Å²) in [5.41, 5.74) is 1.14. The molecule has 1 atom stereocenters. The number of pyridine rings is 1. The molecule has 0 radical (unpaired) electrons. The van der Waals surface area contributed by atoms with Crippen LogP contribution in [0.15, 0.2) is 18.2 Å². The molecule has 0 amide bonds. The second kappa shape index (κ2) is 7.79. The fourth-order valence-electron chi connectivity index (χ4n) is 3.07. The van der Waals surface area contributed by atoms with Crippen molar-refractivity contribution in [3.63, 3.8) is 0 Å². The normalized spacial score (nSPS) is 20.1. The van der Waals surface area contributed by atoms with Gasteiger partial charge in [0.05, 0.1) is 5.69 Å². The molecule has 0 saturated carbocycles. The molecule has 0 spiro atoms. The Morgan fingerprint density at radius 2 is 2.00 bits per heavy atom. The Hall–Kier alpha value is -1.09. The molecule has 0 bridgehead atoms. The van der Waals surface area contributed by atoms with Gasteiger partial charge in [-0.05, 0) is 43.2 Å². The highest BCUT2D eigenvalue weighted by Crippen LogP contribution is 2.26. The molecule has 2 rings (SSSR count). The van der Waals surface area contributed by atoms with Crippen molar-refractivity contribution in [2.75, 3.05) is 18.0 Å². The van der Waals surface area contributed by atoms with E-state index < -0.39 is 0 Å². The lowest BCUT2D eigenvalue weighted by molar-refractivity contribution is 0.351. The third-order valence-corrected chi connectivity index (χ3v) is 4.52. The molecule has 3 heteroatoms. The summed E-state index contributed by atoms with van der Waals surface area (Å²) in [6.07, 6.45) is 3.95. The molecule has 1 unspecified atom stereocenters. The summed E-state index contributed by atoms with van der Waals surface area (Å²) in [6, 6.07) is 6.92. The van der Waals surface area contributed by atoms with Crippen LogP contribution in [-0.4, -0.2) is 24.1 Å². The number of rotatable bonds is 5. The number of hydrogen-bond donors (Lipinski definition) is 1. The first-order valence-corrected chi connectivity index (χ1v) is 8.50. The third kappa shape index (κ3) is 4.99. The average molecular weight is 289 g/mol. The Morgan fingerprint density at radius 3 is 2.71 bits per heavy atom. The van der Waals surface area contributed by atoms with Crippen molar-refractivity contribution in [2.45, 2.75) is 59.5 Å². The van der Waals surface area contributed by atoms with Crippen LogP contribution in [0.4, 0.5) is 5.82 Å². The first-order valence-electron chi connectivity index (χ1n) is 8.50. The predicted molar refractivity (Wildman–Crippen MR) is 90.6 cm³/mol. The molecule has 1 N–H and O–H groups in total. The average Bonchev–Trinajstić information content (AvgIpc) is 2.71. The number of nitrogens with one attached hydrogen (secondary N) is 1. The zero-order valence-corrected chi connectivity index (χ0v) is 14.1. The monoisotopic (exact) mass is 289 g/mol. The molecule has 1 aromatic rings. The molecular formula is C18H31N3. The fraction of sp³-hybridized carbons (Fsp3) is 0.722. The van der Waals surface area contributed by atoms with Gasteiger partial charge in [0, 0.05) is 25.7 Å². The predicted octanol–water partition coefficient (Wildman–Crippen LogP) is 3.84. The molecule has 2 heterocycles. The zero-order chi connectivity index (χ0) is 15.2. The molecule has 1 fully saturated rings. The Bertz CT molecular complexity index is 428. The Morgan fingerprint density at radius 1 is 1.19 bits per heavy atom. The van der Waals surface area contributed by atoms with Crippen molar-refractivity contribution in [2.24, 2.45) is 11.8 Å². The highest BCUT2D eigenvalue weighted by molar-refractivity contribution is 5.39. The summed E-state index contributed by atoms with van der Waals surface area (Å²) < 4.78 is 0. The Balaban J connectivity index is 1.99. The third-order valence-electron chi connectivity index (χ3n) is 4.52. The summed E-state index contributed by atoms with van der Waals surface area (Å²) in [5.74, 6) is 2.84. The molecule has 1 aliphatic heterocycles. The lowest BCUT2D eigenvalue weighted by Crippen LogP contribution is -2.27. The van der Waals surface area contributed by atoms with Crippen LogP contribution in [0.5, 0.6) is 0 Å². The van der Waals surface area contributed by atoms with E-state index in [-0.39, 0.29) is 0 Å². The van der Waals surface area contributed by atoms with Crippen molar-refractivity contribution >= 4 is 5.82 Å². The summed E-state index contributed by atoms with van der Waals surface area (Å²) in [4.78, 5) is 7.32. The highest BCUT2D eigenvalue weighted by atomic mass is 15.2. The first-order chi connectivity index (χ1) is 10.1.